The Kier molecular flexibility index (Phi) is 7.30. The second-order valence-electron chi connectivity index (χ2n) is 6.68. The van der Waals surface area contributed by atoms with Crippen LogP contribution < -0.4 is 20.2 Å². The van der Waals surface area contributed by atoms with Gasteiger partial charge in [-0.25, -0.2) is 5.43 Å². The summed E-state index contributed by atoms with van der Waals surface area (Å²) in [6, 6.07) is 15.8. The zero-order valence-corrected chi connectivity index (χ0v) is 16.9. The molecule has 1 aliphatic rings. The van der Waals surface area contributed by atoms with E-state index in [2.05, 4.69) is 10.7 Å². The molecule has 1 amide bonds. The summed E-state index contributed by atoms with van der Waals surface area (Å²) < 4.78 is 11.3. The maximum absolute atomic E-state index is 12.0. The van der Waals surface area contributed by atoms with Crippen LogP contribution in [0.25, 0.3) is 0 Å². The third-order valence-electron chi connectivity index (χ3n) is 4.61. The highest BCUT2D eigenvalue weighted by Gasteiger charge is 2.08. The average molecular weight is 393 g/mol. The number of rotatable bonds is 9. The molecule has 6 heteroatoms. The average Bonchev–Trinajstić information content (AvgIpc) is 3.16. The zero-order valence-electron chi connectivity index (χ0n) is 16.9. The Morgan fingerprint density at radius 2 is 2.00 bits per heavy atom. The summed E-state index contributed by atoms with van der Waals surface area (Å²) in [4.78, 5) is 12.0. The first-order valence-corrected chi connectivity index (χ1v) is 9.62. The van der Waals surface area contributed by atoms with E-state index in [1.165, 1.54) is 0 Å². The number of allylic oxidation sites excluding steroid dienone is 1. The minimum Gasteiger partial charge on any atom is -0.493 e. The van der Waals surface area contributed by atoms with Crippen LogP contribution in [0.3, 0.4) is 0 Å². The van der Waals surface area contributed by atoms with Crippen LogP contribution >= 0.6 is 0 Å². The lowest BCUT2D eigenvalue weighted by molar-refractivity contribution is -0.116. The Morgan fingerprint density at radius 1 is 1.17 bits per heavy atom. The van der Waals surface area contributed by atoms with Gasteiger partial charge < -0.3 is 19.8 Å². The van der Waals surface area contributed by atoms with E-state index in [1.807, 2.05) is 66.7 Å². The number of hydrogen-bond donors (Lipinski definition) is 2. The predicted octanol–water partition coefficient (Wildman–Crippen LogP) is 2.82. The van der Waals surface area contributed by atoms with Gasteiger partial charge in [-0.15, -0.1) is 0 Å². The highest BCUT2D eigenvalue weighted by molar-refractivity contribution is 5.87. The van der Waals surface area contributed by atoms with E-state index >= 15 is 0 Å². The van der Waals surface area contributed by atoms with Gasteiger partial charge in [-0.05, 0) is 41.8 Å². The maximum atomic E-state index is 12.0. The lowest BCUT2D eigenvalue weighted by atomic mass is 10.1. The van der Waals surface area contributed by atoms with Gasteiger partial charge in [0, 0.05) is 31.9 Å². The molecule has 2 N–H and O–H groups in total. The molecule has 0 atom stereocenters. The van der Waals surface area contributed by atoms with Crippen LogP contribution in [-0.2, 0) is 17.8 Å². The van der Waals surface area contributed by atoms with Gasteiger partial charge in [-0.2, -0.15) is 0 Å². The molecule has 152 valence electrons. The minimum absolute atomic E-state index is 0.111. The number of hydrazine groups is 1. The second kappa shape index (κ2) is 10.3. The molecule has 2 aromatic rings. The first kappa shape index (κ1) is 20.5. The van der Waals surface area contributed by atoms with Crippen molar-refractivity contribution in [3.05, 3.63) is 83.6 Å². The minimum atomic E-state index is -0.111. The fourth-order valence-corrected chi connectivity index (χ4v) is 2.97. The molecule has 0 saturated heterocycles. The predicted molar refractivity (Wildman–Crippen MR) is 113 cm³/mol. The topological polar surface area (TPSA) is 62.8 Å². The van der Waals surface area contributed by atoms with Crippen LogP contribution in [0, 0.1) is 0 Å². The van der Waals surface area contributed by atoms with Crippen molar-refractivity contribution in [2.24, 2.45) is 0 Å². The highest BCUT2D eigenvalue weighted by Crippen LogP contribution is 2.29. The molecule has 0 spiro atoms. The van der Waals surface area contributed by atoms with Gasteiger partial charge in [-0.3, -0.25) is 4.79 Å². The van der Waals surface area contributed by atoms with Crippen molar-refractivity contribution in [1.29, 1.82) is 0 Å². The van der Waals surface area contributed by atoms with E-state index in [9.17, 15) is 4.79 Å². The van der Waals surface area contributed by atoms with Gasteiger partial charge in [0.15, 0.2) is 11.5 Å². The monoisotopic (exact) mass is 393 g/mol. The number of carbonyl (C=O) groups excluding carboxylic acids is 1. The summed E-state index contributed by atoms with van der Waals surface area (Å²) in [7, 11) is 3.55. The number of nitrogens with zero attached hydrogens (tertiary/aromatic N) is 1. The molecule has 1 heterocycles. The van der Waals surface area contributed by atoms with Crippen LogP contribution in [0.4, 0.5) is 0 Å². The number of ether oxygens (including phenoxy) is 2. The van der Waals surface area contributed by atoms with Crippen molar-refractivity contribution in [2.45, 2.75) is 13.0 Å². The van der Waals surface area contributed by atoms with Crippen LogP contribution in [0.1, 0.15) is 11.1 Å². The molecule has 0 unspecified atom stereocenters. The number of carbonyl (C=O) groups is 1. The van der Waals surface area contributed by atoms with E-state index in [0.29, 0.717) is 31.1 Å². The summed E-state index contributed by atoms with van der Waals surface area (Å²) in [5, 5.41) is 4.80. The van der Waals surface area contributed by atoms with E-state index in [4.69, 9.17) is 9.47 Å². The molecule has 1 aliphatic heterocycles. The molecule has 0 saturated carbocycles. The third-order valence-corrected chi connectivity index (χ3v) is 4.61. The Morgan fingerprint density at radius 3 is 2.72 bits per heavy atom. The molecule has 2 aromatic carbocycles. The molecule has 0 aliphatic carbocycles. The molecule has 0 bridgehead atoms. The number of hydrogen-bond acceptors (Lipinski definition) is 5. The zero-order chi connectivity index (χ0) is 20.5. The Labute approximate surface area is 171 Å². The fraction of sp³-hybridized carbons (Fsp3) is 0.261. The van der Waals surface area contributed by atoms with Gasteiger partial charge in [0.05, 0.1) is 7.11 Å². The van der Waals surface area contributed by atoms with Crippen molar-refractivity contribution >= 4 is 5.91 Å². The maximum Gasteiger partial charge on any atom is 0.244 e. The third kappa shape index (κ3) is 6.12. The number of likely N-dealkylation sites (N-methyl/N-ethyl adjacent to an activating group) is 1. The van der Waals surface area contributed by atoms with Crippen molar-refractivity contribution < 1.29 is 14.3 Å². The van der Waals surface area contributed by atoms with Crippen molar-refractivity contribution in [1.82, 2.24) is 15.8 Å². The first-order chi connectivity index (χ1) is 14.2. The Hall–Kier alpha value is -3.25. The van der Waals surface area contributed by atoms with Crippen LogP contribution in [0.15, 0.2) is 72.5 Å². The number of nitrogens with one attached hydrogen (secondary N) is 2. The summed E-state index contributed by atoms with van der Waals surface area (Å²) in [5.41, 5.74) is 6.28. The largest absolute Gasteiger partial charge is 0.493 e. The van der Waals surface area contributed by atoms with E-state index in [-0.39, 0.29) is 5.91 Å². The molecule has 0 fully saturated rings. The molecule has 3 rings (SSSR count). The molecule has 0 aromatic heterocycles. The summed E-state index contributed by atoms with van der Waals surface area (Å²) in [6.45, 7) is 1.80. The van der Waals surface area contributed by atoms with Crippen molar-refractivity contribution in [2.75, 3.05) is 27.2 Å². The summed E-state index contributed by atoms with van der Waals surface area (Å²) in [6.07, 6.45) is 6.09. The van der Waals surface area contributed by atoms with Gasteiger partial charge in [0.1, 0.15) is 6.61 Å². The summed E-state index contributed by atoms with van der Waals surface area (Å²) >= 11 is 0. The summed E-state index contributed by atoms with van der Waals surface area (Å²) in [5.74, 6) is 1.28. The highest BCUT2D eigenvalue weighted by atomic mass is 16.5. The first-order valence-electron chi connectivity index (χ1n) is 9.62. The van der Waals surface area contributed by atoms with E-state index in [1.54, 1.807) is 19.3 Å². The van der Waals surface area contributed by atoms with Crippen LogP contribution in [0.2, 0.25) is 0 Å². The number of methoxy groups -OCH3 is 1. The lowest BCUT2D eigenvalue weighted by Gasteiger charge is -2.13. The van der Waals surface area contributed by atoms with Crippen LogP contribution in [0.5, 0.6) is 11.5 Å². The smallest absolute Gasteiger partial charge is 0.244 e. The van der Waals surface area contributed by atoms with Gasteiger partial charge >= 0.3 is 0 Å². The molecular formula is C23H27N3O3. The number of benzene rings is 2. The quantitative estimate of drug-likeness (QED) is 0.642. The van der Waals surface area contributed by atoms with Gasteiger partial charge in [0.25, 0.3) is 0 Å². The molecule has 0 radical (unpaired) electrons. The molecular weight excluding hydrogens is 366 g/mol. The van der Waals surface area contributed by atoms with Crippen molar-refractivity contribution in [3.63, 3.8) is 0 Å². The normalized spacial score (nSPS) is 13.4. The van der Waals surface area contributed by atoms with E-state index < -0.39 is 0 Å². The van der Waals surface area contributed by atoms with Crippen LogP contribution in [-0.4, -0.2) is 38.2 Å². The Bertz CT molecular complexity index is 878. The second-order valence-corrected chi connectivity index (χ2v) is 6.68. The van der Waals surface area contributed by atoms with Gasteiger partial charge in [0.2, 0.25) is 5.91 Å². The molecule has 29 heavy (non-hydrogen) atoms. The SMILES string of the molecule is COc1ccc(CCNC(=O)/C=C/C2=CCNN2C)cc1OCc1ccccc1. The lowest BCUT2D eigenvalue weighted by Crippen LogP contribution is -2.27. The van der Waals surface area contributed by atoms with Gasteiger partial charge in [-0.1, -0.05) is 36.4 Å². The van der Waals surface area contributed by atoms with E-state index in [0.717, 1.165) is 23.4 Å². The fourth-order valence-electron chi connectivity index (χ4n) is 2.97. The molecule has 6 nitrogen and oxygen atoms in total. The Balaban J connectivity index is 1.51. The van der Waals surface area contributed by atoms with Crippen molar-refractivity contribution in [3.8, 4) is 11.5 Å². The number of amides is 1. The standard InChI is InChI=1S/C23H27N3O3/c1-26-20(13-15-25-26)9-11-23(27)24-14-12-18-8-10-21(28-2)22(16-18)29-17-19-6-4-3-5-7-19/h3-11,13,16,25H,12,14-15,17H2,1-2H3,(H,24,27)/b11-9+.